The van der Waals surface area contributed by atoms with E-state index in [1.807, 2.05) is 0 Å². The van der Waals surface area contributed by atoms with Crippen LogP contribution in [0.2, 0.25) is 0 Å². The maximum Gasteiger partial charge on any atom is 0.397 e. The summed E-state index contributed by atoms with van der Waals surface area (Å²) in [4.78, 5) is 194. The lowest BCUT2D eigenvalue weighted by atomic mass is 9.74. The van der Waals surface area contributed by atoms with Gasteiger partial charge in [0.05, 0.1) is 31.7 Å². The summed E-state index contributed by atoms with van der Waals surface area (Å²) in [6.45, 7) is 3.71. The number of rotatable bonds is 13. The van der Waals surface area contributed by atoms with E-state index in [-0.39, 0.29) is 83.4 Å². The molecule has 8 fully saturated rings. The Morgan fingerprint density at radius 2 is 1.25 bits per heavy atom. The zero-order valence-corrected chi connectivity index (χ0v) is 66.4. The number of nitriles is 1. The maximum absolute atomic E-state index is 15.7. The number of likely N-dealkylation sites (N-methyl/N-ethyl adjacent to an activating group) is 7. The molecule has 26 nitrogen and oxygen atoms in total. The lowest BCUT2D eigenvalue weighted by Crippen LogP contribution is -2.68. The number of fused-ring (bicyclic) bond motifs is 3. The van der Waals surface area contributed by atoms with Crippen molar-refractivity contribution in [1.29, 1.82) is 5.26 Å². The highest BCUT2D eigenvalue weighted by molar-refractivity contribution is 6.01. The standard InChI is InChI=1S/C78H121F6N13O13/c1-12-46(3)66-74(107)91(7)45-64(100)92(8)57-26-15-14-20-35-96(73(57)106)61(38-47-27-30-52(79)31-28-47)72(105)90(6)44-62(98)86-56(32-29-48-36-54(80)65(55(81)37-48)78(82,83)84)70(103)97-43-53(110-13-2)40-59(97)69(102)88-77(33-21-34-77)76(109)95(11)67(49-22-16-17-23-49)75(108)94(10)60(71(104)89(4)5)41-63(99)93(9)58(68(101)87-66)39-50-24-18-19-25-51(50)42-85/h46-61,65-67H,12-41,43-45H2,1-11H3,(H,86,98)(H,87,101)(H,88,102)/t46-,47?,48?,50?,51?,52?,53+,54?,55?,56-,57-,58-,59-,60-,61-,65?,66-,67-/m0/s1. The molecule has 2 bridgehead atoms. The Morgan fingerprint density at radius 1 is 0.627 bits per heavy atom. The van der Waals surface area contributed by atoms with Crippen LogP contribution in [0.3, 0.4) is 0 Å². The van der Waals surface area contributed by atoms with Crippen LogP contribution in [0.15, 0.2) is 0 Å². The average molecular weight is 1560 g/mol. The molecular formula is C78H121F6N13O13. The topological polar surface area (TPSA) is 303 Å². The minimum atomic E-state index is -5.19. The van der Waals surface area contributed by atoms with Gasteiger partial charge in [-0.3, -0.25) is 57.5 Å². The quantitative estimate of drug-likeness (QED) is 0.168. The molecule has 5 aliphatic carbocycles. The van der Waals surface area contributed by atoms with Crippen LogP contribution >= 0.6 is 0 Å². The molecule has 3 N–H and O–H groups in total. The molecule has 0 aromatic heterocycles. The van der Waals surface area contributed by atoms with Crippen LogP contribution in [0.1, 0.15) is 201 Å². The van der Waals surface area contributed by atoms with Gasteiger partial charge in [-0.1, -0.05) is 58.8 Å². The second-order valence-electron chi connectivity index (χ2n) is 33.3. The molecular weight excluding hydrogens is 1440 g/mol. The predicted molar refractivity (Wildman–Crippen MR) is 393 cm³/mol. The summed E-state index contributed by atoms with van der Waals surface area (Å²) < 4.78 is 93.8. The van der Waals surface area contributed by atoms with Crippen molar-refractivity contribution in [1.82, 2.24) is 60.0 Å². The molecule has 0 radical (unpaired) electrons. The van der Waals surface area contributed by atoms with Crippen LogP contribution in [0, 0.1) is 52.8 Å². The SMILES string of the molecule is CCO[C@@H]1C[C@H]2C(=O)NC3(CCC3)C(=O)N(C)[C@@H](C3CCCC3)C(=O)N(C)[C@H](C(=O)N(C)C)CC(=O)N(C)[C@@H](CC3CCCCC3C#N)C(=O)N[C@@H]([C@@H](C)CC)C(=O)N(C)CC(=O)N(C)[C@H]3CCCCCN(C3=O)[C@@H](CC3CCC(F)CC3)C(=O)N(C)CC(=O)N[C@@H](CCC3CC(F)C(C(F)(F)F)C(F)C3)C(=O)N2C1. The van der Waals surface area contributed by atoms with E-state index in [0.717, 1.165) is 32.4 Å². The Bertz CT molecular complexity index is 3300. The van der Waals surface area contributed by atoms with E-state index in [9.17, 15) is 37.2 Å². The Balaban J connectivity index is 1.21. The Hall–Kier alpha value is -7.33. The van der Waals surface area contributed by atoms with Gasteiger partial charge in [0.2, 0.25) is 70.9 Å². The van der Waals surface area contributed by atoms with Gasteiger partial charge in [0.15, 0.2) is 0 Å². The third-order valence-electron chi connectivity index (χ3n) is 25.6. The highest BCUT2D eigenvalue weighted by atomic mass is 19.4. The number of alkyl halides is 6. The van der Waals surface area contributed by atoms with Crippen molar-refractivity contribution >= 4 is 70.9 Å². The molecule has 3 saturated heterocycles. The molecule has 0 aromatic rings. The summed E-state index contributed by atoms with van der Waals surface area (Å²) in [7, 11) is 11.1. The largest absolute Gasteiger partial charge is 0.397 e. The van der Waals surface area contributed by atoms with Crippen LogP contribution in [-0.4, -0.2) is 289 Å². The van der Waals surface area contributed by atoms with E-state index in [2.05, 4.69) is 22.0 Å². The zero-order chi connectivity index (χ0) is 81.0. The van der Waals surface area contributed by atoms with E-state index in [1.54, 1.807) is 20.8 Å². The summed E-state index contributed by atoms with van der Waals surface area (Å²) in [6.07, 6.45) is -6.91. The molecule has 8 rings (SSSR count). The van der Waals surface area contributed by atoms with Gasteiger partial charge in [-0.2, -0.15) is 18.4 Å². The van der Waals surface area contributed by atoms with Gasteiger partial charge in [0.1, 0.15) is 78.3 Å². The van der Waals surface area contributed by atoms with Gasteiger partial charge in [0, 0.05) is 88.4 Å². The number of hydrogen-bond donors (Lipinski definition) is 3. The normalized spacial score (nSPS) is 33.3. The molecule has 14 atom stereocenters. The van der Waals surface area contributed by atoms with Crippen LogP contribution in [0.25, 0.3) is 0 Å². The third-order valence-corrected chi connectivity index (χ3v) is 25.6. The molecule has 5 saturated carbocycles. The summed E-state index contributed by atoms with van der Waals surface area (Å²) in [6, 6.07) is -8.67. The molecule has 4 unspecified atom stereocenters. The summed E-state index contributed by atoms with van der Waals surface area (Å²) in [5.74, 6) is -15.2. The van der Waals surface area contributed by atoms with Crippen molar-refractivity contribution in [3.8, 4) is 6.07 Å². The lowest BCUT2D eigenvalue weighted by molar-refractivity contribution is -0.219. The second kappa shape index (κ2) is 38.9. The van der Waals surface area contributed by atoms with Crippen molar-refractivity contribution in [2.45, 2.75) is 285 Å². The minimum absolute atomic E-state index is 0.0212. The molecule has 3 heterocycles. The smallest absolute Gasteiger partial charge is 0.377 e. The highest BCUT2D eigenvalue weighted by Crippen LogP contribution is 2.45. The molecule has 8 aliphatic rings. The minimum Gasteiger partial charge on any atom is -0.377 e. The monoisotopic (exact) mass is 1560 g/mol. The molecule has 0 aromatic carbocycles. The van der Waals surface area contributed by atoms with E-state index in [0.29, 0.717) is 83.5 Å². The number of carbonyl (C=O) groups excluding carboxylic acids is 12. The number of hydrogen-bond acceptors (Lipinski definition) is 14. The fourth-order valence-corrected chi connectivity index (χ4v) is 18.4. The van der Waals surface area contributed by atoms with Gasteiger partial charge < -0.3 is 64.8 Å². The van der Waals surface area contributed by atoms with Crippen LogP contribution < -0.4 is 16.0 Å². The van der Waals surface area contributed by atoms with E-state index in [4.69, 9.17) is 4.74 Å². The predicted octanol–water partition coefficient (Wildman–Crippen LogP) is 6.41. The molecule has 110 heavy (non-hydrogen) atoms. The van der Waals surface area contributed by atoms with Crippen LogP contribution in [-0.2, 0) is 62.3 Å². The summed E-state index contributed by atoms with van der Waals surface area (Å²) in [5, 5.41) is 19.0. The Kier molecular flexibility index (Phi) is 31.2. The van der Waals surface area contributed by atoms with Gasteiger partial charge in [-0.05, 0) is 159 Å². The molecule has 1 spiro atoms. The first kappa shape index (κ1) is 88.2. The fraction of sp³-hybridized carbons (Fsp3) is 0.833. The van der Waals surface area contributed by atoms with Gasteiger partial charge in [0.25, 0.3) is 0 Å². The Morgan fingerprint density at radius 3 is 1.85 bits per heavy atom. The number of ether oxygens (including phenoxy) is 1. The first-order valence-corrected chi connectivity index (χ1v) is 40.3. The van der Waals surface area contributed by atoms with Crippen molar-refractivity contribution in [2.24, 2.45) is 41.4 Å². The number of amides is 12. The first-order valence-electron chi connectivity index (χ1n) is 40.3. The Labute approximate surface area is 644 Å². The van der Waals surface area contributed by atoms with E-state index < -0.39 is 230 Å². The van der Waals surface area contributed by atoms with Gasteiger partial charge in [-0.25, -0.2) is 13.2 Å². The summed E-state index contributed by atoms with van der Waals surface area (Å²) >= 11 is 0. The van der Waals surface area contributed by atoms with Crippen LogP contribution in [0.5, 0.6) is 0 Å². The van der Waals surface area contributed by atoms with Crippen molar-refractivity contribution in [3.63, 3.8) is 0 Å². The summed E-state index contributed by atoms with van der Waals surface area (Å²) in [5.41, 5.74) is -1.68. The molecule has 618 valence electrons. The maximum atomic E-state index is 15.7. The number of nitrogens with zero attached hydrogens (tertiary/aromatic N) is 10. The number of carbonyl (C=O) groups is 12. The van der Waals surface area contributed by atoms with E-state index in [1.165, 1.54) is 80.9 Å². The van der Waals surface area contributed by atoms with Crippen molar-refractivity contribution in [3.05, 3.63) is 0 Å². The lowest BCUT2D eigenvalue weighted by Gasteiger charge is -2.46. The van der Waals surface area contributed by atoms with Gasteiger partial charge in [-0.15, -0.1) is 0 Å². The van der Waals surface area contributed by atoms with Gasteiger partial charge >= 0.3 is 6.18 Å². The van der Waals surface area contributed by atoms with E-state index >= 15 is 51.9 Å². The van der Waals surface area contributed by atoms with Crippen molar-refractivity contribution < 1.29 is 88.6 Å². The average Bonchev–Trinajstić information content (AvgIpc) is 1.16. The number of halogens is 6. The van der Waals surface area contributed by atoms with Crippen LogP contribution in [0.4, 0.5) is 26.3 Å². The molecule has 3 aliphatic heterocycles. The second-order valence-corrected chi connectivity index (χ2v) is 33.3. The highest BCUT2D eigenvalue weighted by Gasteiger charge is 2.56. The van der Waals surface area contributed by atoms with Crippen molar-refractivity contribution in [2.75, 3.05) is 89.2 Å². The molecule has 12 amide bonds. The third kappa shape index (κ3) is 21.1. The molecule has 32 heteroatoms. The zero-order valence-electron chi connectivity index (χ0n) is 66.4. The first-order chi connectivity index (χ1) is 52.0. The number of nitrogens with one attached hydrogen (secondary N) is 3. The fourth-order valence-electron chi connectivity index (χ4n) is 18.4.